The molecule has 1 aromatic rings. The van der Waals surface area contributed by atoms with E-state index in [4.69, 9.17) is 0 Å². The van der Waals surface area contributed by atoms with Gasteiger partial charge in [-0.25, -0.2) is 4.98 Å². The Morgan fingerprint density at radius 2 is 2.00 bits per heavy atom. The van der Waals surface area contributed by atoms with Gasteiger partial charge in [0.15, 0.2) is 5.82 Å². The number of nitrogens with one attached hydrogen (secondary N) is 1. The molecule has 1 saturated carbocycles. The van der Waals surface area contributed by atoms with Crippen molar-refractivity contribution in [3.63, 3.8) is 0 Å². The van der Waals surface area contributed by atoms with Gasteiger partial charge in [0.25, 0.3) is 0 Å². The standard InChI is InChI=1S/C14H25N5/c1-11(19-9-7-18(2)8-10-19)3-6-13-15-14(17-16-13)12-4-5-12/h11-12H,3-10H2,1-2H3,(H,15,16,17)/t11-/m1/s1. The molecule has 0 unspecified atom stereocenters. The summed E-state index contributed by atoms with van der Waals surface area (Å²) in [5.41, 5.74) is 0. The Bertz CT molecular complexity index is 404. The molecule has 1 atom stereocenters. The first kappa shape index (κ1) is 13.1. The van der Waals surface area contributed by atoms with E-state index in [9.17, 15) is 0 Å². The van der Waals surface area contributed by atoms with E-state index >= 15 is 0 Å². The van der Waals surface area contributed by atoms with Gasteiger partial charge in [0.2, 0.25) is 0 Å². The smallest absolute Gasteiger partial charge is 0.153 e. The molecule has 0 radical (unpaired) electrons. The molecule has 1 N–H and O–H groups in total. The van der Waals surface area contributed by atoms with Crippen molar-refractivity contribution in [3.8, 4) is 0 Å². The molecule has 3 rings (SSSR count). The predicted molar refractivity (Wildman–Crippen MR) is 75.2 cm³/mol. The minimum atomic E-state index is 0.642. The minimum absolute atomic E-state index is 0.642. The monoisotopic (exact) mass is 263 g/mol. The number of rotatable bonds is 5. The molecule has 5 heteroatoms. The first-order chi connectivity index (χ1) is 9.22. The second-order valence-corrected chi connectivity index (χ2v) is 6.14. The topological polar surface area (TPSA) is 48.1 Å². The number of hydrogen-bond acceptors (Lipinski definition) is 4. The fourth-order valence-corrected chi connectivity index (χ4v) is 2.74. The zero-order valence-electron chi connectivity index (χ0n) is 12.1. The van der Waals surface area contributed by atoms with Gasteiger partial charge in [-0.2, -0.15) is 5.10 Å². The number of aromatic nitrogens is 3. The Morgan fingerprint density at radius 3 is 2.68 bits per heavy atom. The Balaban J connectivity index is 1.45. The van der Waals surface area contributed by atoms with Crippen LogP contribution in [0.15, 0.2) is 0 Å². The molecule has 1 aliphatic heterocycles. The second kappa shape index (κ2) is 5.59. The molecule has 1 aromatic heterocycles. The summed E-state index contributed by atoms with van der Waals surface area (Å²) < 4.78 is 0. The summed E-state index contributed by atoms with van der Waals surface area (Å²) in [5.74, 6) is 2.77. The number of aromatic amines is 1. The zero-order chi connectivity index (χ0) is 13.2. The first-order valence-electron chi connectivity index (χ1n) is 7.56. The lowest BCUT2D eigenvalue weighted by molar-refractivity contribution is 0.114. The Hall–Kier alpha value is -0.940. The average molecular weight is 263 g/mol. The molecule has 106 valence electrons. The van der Waals surface area contributed by atoms with E-state index in [-0.39, 0.29) is 0 Å². The number of aryl methyl sites for hydroxylation is 1. The molecule has 1 aliphatic carbocycles. The van der Waals surface area contributed by atoms with Crippen molar-refractivity contribution < 1.29 is 0 Å². The molecule has 2 heterocycles. The summed E-state index contributed by atoms with van der Waals surface area (Å²) in [6, 6.07) is 0.642. The third-order valence-electron chi connectivity index (χ3n) is 4.45. The van der Waals surface area contributed by atoms with Crippen molar-refractivity contribution in [1.29, 1.82) is 0 Å². The van der Waals surface area contributed by atoms with Crippen LogP contribution in [0.2, 0.25) is 0 Å². The van der Waals surface area contributed by atoms with E-state index in [1.807, 2.05) is 0 Å². The number of nitrogens with zero attached hydrogens (tertiary/aromatic N) is 4. The maximum atomic E-state index is 4.61. The molecule has 2 aliphatic rings. The zero-order valence-corrected chi connectivity index (χ0v) is 12.1. The maximum absolute atomic E-state index is 4.61. The summed E-state index contributed by atoms with van der Waals surface area (Å²) in [6.45, 7) is 7.11. The van der Waals surface area contributed by atoms with Crippen LogP contribution in [0, 0.1) is 0 Å². The van der Waals surface area contributed by atoms with Crippen LogP contribution in [0.1, 0.15) is 43.8 Å². The van der Waals surface area contributed by atoms with E-state index in [1.54, 1.807) is 0 Å². The van der Waals surface area contributed by atoms with Crippen molar-refractivity contribution in [2.75, 3.05) is 33.2 Å². The Labute approximate surface area is 115 Å². The average Bonchev–Trinajstić information content (AvgIpc) is 3.16. The van der Waals surface area contributed by atoms with Gasteiger partial charge in [-0.05, 0) is 33.2 Å². The summed E-state index contributed by atoms with van der Waals surface area (Å²) in [4.78, 5) is 9.61. The van der Waals surface area contributed by atoms with Gasteiger partial charge in [0, 0.05) is 44.6 Å². The number of H-pyrrole nitrogens is 1. The van der Waals surface area contributed by atoms with Crippen LogP contribution in [0.5, 0.6) is 0 Å². The highest BCUT2D eigenvalue weighted by Gasteiger charge is 2.27. The highest BCUT2D eigenvalue weighted by atomic mass is 15.3. The first-order valence-corrected chi connectivity index (χ1v) is 7.56. The van der Waals surface area contributed by atoms with Gasteiger partial charge < -0.3 is 4.90 Å². The molecule has 1 saturated heterocycles. The molecule has 0 amide bonds. The van der Waals surface area contributed by atoms with Crippen LogP contribution >= 0.6 is 0 Å². The van der Waals surface area contributed by atoms with Crippen molar-refractivity contribution in [2.24, 2.45) is 0 Å². The van der Waals surface area contributed by atoms with Crippen LogP contribution in [-0.4, -0.2) is 64.2 Å². The van der Waals surface area contributed by atoms with E-state index < -0.39 is 0 Å². The summed E-state index contributed by atoms with van der Waals surface area (Å²) in [5, 5.41) is 7.43. The van der Waals surface area contributed by atoms with Crippen LogP contribution in [0.25, 0.3) is 0 Å². The lowest BCUT2D eigenvalue weighted by atomic mass is 10.1. The molecule has 2 fully saturated rings. The molecule has 0 spiro atoms. The fourth-order valence-electron chi connectivity index (χ4n) is 2.74. The van der Waals surface area contributed by atoms with Crippen LogP contribution in [0.3, 0.4) is 0 Å². The van der Waals surface area contributed by atoms with Gasteiger partial charge in [0.1, 0.15) is 5.82 Å². The SMILES string of the molecule is C[C@H](CCc1nc(C2CC2)n[nH]1)N1CCN(C)CC1. The third kappa shape index (κ3) is 3.34. The highest BCUT2D eigenvalue weighted by Crippen LogP contribution is 2.37. The van der Waals surface area contributed by atoms with Gasteiger partial charge in [-0.15, -0.1) is 0 Å². The molecule has 0 aromatic carbocycles. The van der Waals surface area contributed by atoms with Gasteiger partial charge in [-0.1, -0.05) is 0 Å². The maximum Gasteiger partial charge on any atom is 0.153 e. The summed E-state index contributed by atoms with van der Waals surface area (Å²) >= 11 is 0. The van der Waals surface area contributed by atoms with Crippen molar-refractivity contribution in [2.45, 2.75) is 44.6 Å². The lowest BCUT2D eigenvalue weighted by Gasteiger charge is -2.36. The Kier molecular flexibility index (Phi) is 3.84. The van der Waals surface area contributed by atoms with Gasteiger partial charge in [-0.3, -0.25) is 10.00 Å². The van der Waals surface area contributed by atoms with E-state index in [0.29, 0.717) is 12.0 Å². The number of piperazine rings is 1. The normalized spacial score (nSPS) is 23.7. The van der Waals surface area contributed by atoms with Crippen molar-refractivity contribution in [1.82, 2.24) is 25.0 Å². The lowest BCUT2D eigenvalue weighted by Crippen LogP contribution is -2.48. The van der Waals surface area contributed by atoms with Crippen LogP contribution in [-0.2, 0) is 6.42 Å². The highest BCUT2D eigenvalue weighted by molar-refractivity contribution is 5.05. The number of likely N-dealkylation sites (N-methyl/N-ethyl adjacent to an activating group) is 1. The van der Waals surface area contributed by atoms with Gasteiger partial charge in [0.05, 0.1) is 0 Å². The van der Waals surface area contributed by atoms with Gasteiger partial charge >= 0.3 is 0 Å². The van der Waals surface area contributed by atoms with Crippen LogP contribution < -0.4 is 0 Å². The molecule has 19 heavy (non-hydrogen) atoms. The minimum Gasteiger partial charge on any atom is -0.304 e. The van der Waals surface area contributed by atoms with Crippen molar-refractivity contribution in [3.05, 3.63) is 11.6 Å². The van der Waals surface area contributed by atoms with E-state index in [0.717, 1.165) is 18.1 Å². The molecular formula is C14H25N5. The summed E-state index contributed by atoms with van der Waals surface area (Å²) in [7, 11) is 2.20. The third-order valence-corrected chi connectivity index (χ3v) is 4.45. The quantitative estimate of drug-likeness (QED) is 0.868. The fraction of sp³-hybridized carbons (Fsp3) is 0.857. The summed E-state index contributed by atoms with van der Waals surface area (Å²) in [6.07, 6.45) is 4.74. The van der Waals surface area contributed by atoms with E-state index in [1.165, 1.54) is 45.4 Å². The second-order valence-electron chi connectivity index (χ2n) is 6.14. The molecular weight excluding hydrogens is 238 g/mol. The van der Waals surface area contributed by atoms with E-state index in [2.05, 4.69) is 39.0 Å². The molecule has 0 bridgehead atoms. The van der Waals surface area contributed by atoms with Crippen LogP contribution in [0.4, 0.5) is 0 Å². The Morgan fingerprint density at radius 1 is 1.26 bits per heavy atom. The van der Waals surface area contributed by atoms with Crippen molar-refractivity contribution >= 4 is 0 Å². The largest absolute Gasteiger partial charge is 0.304 e. The predicted octanol–water partition coefficient (Wildman–Crippen LogP) is 1.25. The molecule has 5 nitrogen and oxygen atoms in total. The number of hydrogen-bond donors (Lipinski definition) is 1.